The van der Waals surface area contributed by atoms with Gasteiger partial charge < -0.3 is 10.0 Å². The summed E-state index contributed by atoms with van der Waals surface area (Å²) in [4.78, 5) is 25.1. The summed E-state index contributed by atoms with van der Waals surface area (Å²) in [5.41, 5.74) is 0.312. The van der Waals surface area contributed by atoms with Crippen molar-refractivity contribution in [1.82, 2.24) is 4.90 Å². The standard InChI is InChI=1S/C15H18FNO3/c1-10(11-6-2-3-7-12(11)16)14(18)17-9-5-4-8-13(17)15(19)20/h2-3,6-7,10,13H,4-5,8-9H2,1H3,(H,19,20)/t10-,13-/m1/s1. The number of hydrogen-bond acceptors (Lipinski definition) is 2. The Bertz CT molecular complexity index is 518. The second kappa shape index (κ2) is 6.03. The fourth-order valence-electron chi connectivity index (χ4n) is 2.66. The van der Waals surface area contributed by atoms with Crippen molar-refractivity contribution in [3.8, 4) is 0 Å². The molecule has 5 heteroatoms. The summed E-state index contributed by atoms with van der Waals surface area (Å²) in [7, 11) is 0. The third-order valence-electron chi connectivity index (χ3n) is 3.81. The highest BCUT2D eigenvalue weighted by molar-refractivity contribution is 5.88. The molecule has 0 spiro atoms. The first-order valence-electron chi connectivity index (χ1n) is 6.80. The van der Waals surface area contributed by atoms with Crippen LogP contribution in [0.4, 0.5) is 4.39 Å². The topological polar surface area (TPSA) is 57.6 Å². The average Bonchev–Trinajstić information content (AvgIpc) is 2.46. The van der Waals surface area contributed by atoms with Crippen LogP contribution in [0.5, 0.6) is 0 Å². The minimum atomic E-state index is -0.987. The molecule has 1 amide bonds. The normalized spacial score (nSPS) is 20.5. The van der Waals surface area contributed by atoms with Gasteiger partial charge in [-0.1, -0.05) is 18.2 Å². The number of amides is 1. The molecular formula is C15H18FNO3. The maximum Gasteiger partial charge on any atom is 0.326 e. The minimum Gasteiger partial charge on any atom is -0.480 e. The average molecular weight is 279 g/mol. The summed E-state index contributed by atoms with van der Waals surface area (Å²) in [5.74, 6) is -2.41. The van der Waals surface area contributed by atoms with E-state index >= 15 is 0 Å². The molecule has 0 radical (unpaired) electrons. The number of rotatable bonds is 3. The Morgan fingerprint density at radius 2 is 2.05 bits per heavy atom. The SMILES string of the molecule is C[C@@H](C(=O)N1CCCC[C@@H]1C(=O)O)c1ccccc1F. The molecule has 0 aromatic heterocycles. The predicted octanol–water partition coefficient (Wildman–Crippen LogP) is 2.39. The van der Waals surface area contributed by atoms with E-state index in [0.29, 0.717) is 18.5 Å². The van der Waals surface area contributed by atoms with E-state index in [0.717, 1.165) is 12.8 Å². The number of aliphatic carboxylic acids is 1. The van der Waals surface area contributed by atoms with Gasteiger partial charge in [-0.2, -0.15) is 0 Å². The first-order valence-corrected chi connectivity index (χ1v) is 6.80. The van der Waals surface area contributed by atoms with Gasteiger partial charge in [0.05, 0.1) is 5.92 Å². The molecule has 0 bridgehead atoms. The van der Waals surface area contributed by atoms with Crippen molar-refractivity contribution in [1.29, 1.82) is 0 Å². The third kappa shape index (κ3) is 2.81. The molecule has 1 aromatic rings. The molecule has 20 heavy (non-hydrogen) atoms. The van der Waals surface area contributed by atoms with Gasteiger partial charge in [0.25, 0.3) is 0 Å². The Kier molecular flexibility index (Phi) is 4.37. The van der Waals surface area contributed by atoms with E-state index in [4.69, 9.17) is 0 Å². The van der Waals surface area contributed by atoms with Crippen molar-refractivity contribution < 1.29 is 19.1 Å². The van der Waals surface area contributed by atoms with Crippen LogP contribution in [0.1, 0.15) is 37.7 Å². The van der Waals surface area contributed by atoms with Crippen molar-refractivity contribution in [2.45, 2.75) is 38.1 Å². The molecular weight excluding hydrogens is 261 g/mol. The highest BCUT2D eigenvalue weighted by Gasteiger charge is 2.34. The molecule has 1 heterocycles. The van der Waals surface area contributed by atoms with Crippen LogP contribution in [0, 0.1) is 5.82 Å². The van der Waals surface area contributed by atoms with E-state index in [-0.39, 0.29) is 5.91 Å². The number of nitrogens with zero attached hydrogens (tertiary/aromatic N) is 1. The van der Waals surface area contributed by atoms with Gasteiger partial charge in [-0.15, -0.1) is 0 Å². The van der Waals surface area contributed by atoms with Gasteiger partial charge in [-0.3, -0.25) is 4.79 Å². The smallest absolute Gasteiger partial charge is 0.326 e. The molecule has 1 N–H and O–H groups in total. The maximum atomic E-state index is 13.7. The van der Waals surface area contributed by atoms with Crippen LogP contribution >= 0.6 is 0 Å². The summed E-state index contributed by atoms with van der Waals surface area (Å²) in [5, 5.41) is 9.20. The number of carbonyl (C=O) groups is 2. The number of hydrogen-bond donors (Lipinski definition) is 1. The molecule has 1 aromatic carbocycles. The van der Waals surface area contributed by atoms with Crippen LogP contribution in [0.25, 0.3) is 0 Å². The van der Waals surface area contributed by atoms with E-state index < -0.39 is 23.7 Å². The Balaban J connectivity index is 2.21. The number of piperidine rings is 1. The largest absolute Gasteiger partial charge is 0.480 e. The van der Waals surface area contributed by atoms with E-state index in [2.05, 4.69) is 0 Å². The second-order valence-corrected chi connectivity index (χ2v) is 5.12. The Hall–Kier alpha value is -1.91. The van der Waals surface area contributed by atoms with Crippen LogP contribution < -0.4 is 0 Å². The number of carboxylic acid groups (broad SMARTS) is 1. The van der Waals surface area contributed by atoms with Crippen molar-refractivity contribution in [3.05, 3.63) is 35.6 Å². The molecule has 0 saturated carbocycles. The Morgan fingerprint density at radius 3 is 2.70 bits per heavy atom. The van der Waals surface area contributed by atoms with E-state index in [9.17, 15) is 19.1 Å². The molecule has 2 rings (SSSR count). The quantitative estimate of drug-likeness (QED) is 0.924. The fraction of sp³-hybridized carbons (Fsp3) is 0.467. The third-order valence-corrected chi connectivity index (χ3v) is 3.81. The lowest BCUT2D eigenvalue weighted by Crippen LogP contribution is -2.49. The van der Waals surface area contributed by atoms with E-state index in [1.807, 2.05) is 0 Å². The first kappa shape index (κ1) is 14.5. The number of benzene rings is 1. The van der Waals surface area contributed by atoms with E-state index in [1.54, 1.807) is 25.1 Å². The molecule has 1 aliphatic rings. The molecule has 4 nitrogen and oxygen atoms in total. The molecule has 108 valence electrons. The monoisotopic (exact) mass is 279 g/mol. The Labute approximate surface area is 117 Å². The van der Waals surface area contributed by atoms with Gasteiger partial charge in [0.2, 0.25) is 5.91 Å². The van der Waals surface area contributed by atoms with Crippen molar-refractivity contribution >= 4 is 11.9 Å². The zero-order valence-electron chi connectivity index (χ0n) is 11.4. The van der Waals surface area contributed by atoms with Crippen LogP contribution in [0.3, 0.4) is 0 Å². The van der Waals surface area contributed by atoms with Crippen LogP contribution in [-0.2, 0) is 9.59 Å². The van der Waals surface area contributed by atoms with Gasteiger partial charge in [0.1, 0.15) is 11.9 Å². The number of carbonyl (C=O) groups excluding carboxylic acids is 1. The van der Waals surface area contributed by atoms with Gasteiger partial charge in [-0.25, -0.2) is 9.18 Å². The summed E-state index contributed by atoms with van der Waals surface area (Å²) in [6.45, 7) is 2.04. The lowest BCUT2D eigenvalue weighted by Gasteiger charge is -2.34. The predicted molar refractivity (Wildman–Crippen MR) is 71.8 cm³/mol. The molecule has 1 saturated heterocycles. The van der Waals surface area contributed by atoms with Crippen molar-refractivity contribution in [2.24, 2.45) is 0 Å². The number of halogens is 1. The summed E-state index contributed by atoms with van der Waals surface area (Å²) < 4.78 is 13.7. The van der Waals surface area contributed by atoms with Gasteiger partial charge in [0.15, 0.2) is 0 Å². The minimum absolute atomic E-state index is 0.312. The zero-order chi connectivity index (χ0) is 14.7. The fourth-order valence-corrected chi connectivity index (χ4v) is 2.66. The van der Waals surface area contributed by atoms with Gasteiger partial charge in [-0.05, 0) is 37.8 Å². The summed E-state index contributed by atoms with van der Waals surface area (Å²) in [6.07, 6.45) is 2.05. The van der Waals surface area contributed by atoms with Gasteiger partial charge in [0, 0.05) is 6.54 Å². The summed E-state index contributed by atoms with van der Waals surface area (Å²) in [6, 6.07) is 5.33. The second-order valence-electron chi connectivity index (χ2n) is 5.12. The maximum absolute atomic E-state index is 13.7. The molecule has 0 aliphatic carbocycles. The lowest BCUT2D eigenvalue weighted by atomic mass is 9.95. The molecule has 0 unspecified atom stereocenters. The van der Waals surface area contributed by atoms with Crippen molar-refractivity contribution in [3.63, 3.8) is 0 Å². The van der Waals surface area contributed by atoms with Gasteiger partial charge >= 0.3 is 5.97 Å². The molecule has 2 atom stereocenters. The van der Waals surface area contributed by atoms with Crippen molar-refractivity contribution in [2.75, 3.05) is 6.54 Å². The molecule has 1 aliphatic heterocycles. The van der Waals surface area contributed by atoms with Crippen LogP contribution in [-0.4, -0.2) is 34.5 Å². The highest BCUT2D eigenvalue weighted by Crippen LogP contribution is 2.25. The zero-order valence-corrected chi connectivity index (χ0v) is 11.4. The van der Waals surface area contributed by atoms with Crippen LogP contribution in [0.15, 0.2) is 24.3 Å². The number of likely N-dealkylation sites (tertiary alicyclic amines) is 1. The number of carboxylic acids is 1. The molecule has 1 fully saturated rings. The van der Waals surface area contributed by atoms with Crippen LogP contribution in [0.2, 0.25) is 0 Å². The Morgan fingerprint density at radius 1 is 1.35 bits per heavy atom. The summed E-state index contributed by atoms with van der Waals surface area (Å²) >= 11 is 0. The lowest BCUT2D eigenvalue weighted by molar-refractivity contribution is -0.152. The first-order chi connectivity index (χ1) is 9.52. The van der Waals surface area contributed by atoms with E-state index in [1.165, 1.54) is 11.0 Å². The highest BCUT2D eigenvalue weighted by atomic mass is 19.1.